The molecule has 326 valence electrons. The average molecular weight is 818 g/mol. The van der Waals surface area contributed by atoms with E-state index in [0.717, 1.165) is 51.4 Å². The second kappa shape index (κ2) is 32.2. The topological polar surface area (TPSA) is 226 Å². The molecule has 0 heterocycles. The van der Waals surface area contributed by atoms with Gasteiger partial charge in [-0.3, -0.25) is 13.8 Å². The molecule has 8 unspecified atom stereocenters. The molecule has 1 rings (SSSR count). The van der Waals surface area contributed by atoms with Gasteiger partial charge < -0.3 is 46.0 Å². The molecule has 0 radical (unpaired) electrons. The van der Waals surface area contributed by atoms with E-state index in [4.69, 9.17) is 9.05 Å². The first-order valence-electron chi connectivity index (χ1n) is 21.2. The summed E-state index contributed by atoms with van der Waals surface area (Å²) in [5, 5.41) is 74.1. The third-order valence-electron chi connectivity index (χ3n) is 9.86. The number of nitrogens with one attached hydrogen (secondary N) is 1. The Labute approximate surface area is 336 Å². The Morgan fingerprint density at radius 2 is 1.07 bits per heavy atom. The summed E-state index contributed by atoms with van der Waals surface area (Å²) < 4.78 is 22.7. The predicted molar refractivity (Wildman–Crippen MR) is 219 cm³/mol. The molecule has 1 fully saturated rings. The number of rotatable bonds is 33. The standard InChI is InChI=1S/C42H76NO12P/c1-3-5-7-9-11-13-15-17-18-19-21-23-25-27-29-33(44)31-36(46)43-34(35(45)30-28-26-24-22-20-16-14-12-10-8-6-4-2)32-54-56(52,53)55-42-40(50)38(48)37(47)39(49)41(42)51/h10,12,18-20,22,28,30,33-35,37-42,44-45,47-51H,3-9,11,13-17,21,23-27,29,31-32H2,1-2H3,(H,43,46)(H,52,53)/b12-10+,19-18-,22-20+,30-28+. The molecule has 0 saturated heterocycles. The van der Waals surface area contributed by atoms with Crippen LogP contribution in [0.3, 0.4) is 0 Å². The molecule has 13 nitrogen and oxygen atoms in total. The Hall–Kier alpha value is -1.74. The molecule has 8 atom stereocenters. The van der Waals surface area contributed by atoms with E-state index in [9.17, 15) is 50.0 Å². The van der Waals surface area contributed by atoms with Gasteiger partial charge >= 0.3 is 7.82 Å². The van der Waals surface area contributed by atoms with Crippen LogP contribution in [0.2, 0.25) is 0 Å². The zero-order valence-corrected chi connectivity index (χ0v) is 34.9. The van der Waals surface area contributed by atoms with Gasteiger partial charge in [-0.15, -0.1) is 0 Å². The summed E-state index contributed by atoms with van der Waals surface area (Å²) in [6.45, 7) is 3.63. The van der Waals surface area contributed by atoms with E-state index in [1.807, 2.05) is 6.08 Å². The molecule has 1 saturated carbocycles. The van der Waals surface area contributed by atoms with Gasteiger partial charge in [0.05, 0.1) is 31.3 Å². The van der Waals surface area contributed by atoms with E-state index >= 15 is 0 Å². The fraction of sp³-hybridized carbons (Fsp3) is 0.786. The highest BCUT2D eigenvalue weighted by Gasteiger charge is 2.51. The largest absolute Gasteiger partial charge is 0.472 e. The maximum Gasteiger partial charge on any atom is 0.472 e. The van der Waals surface area contributed by atoms with Crippen molar-refractivity contribution < 1.29 is 59.0 Å². The zero-order valence-electron chi connectivity index (χ0n) is 34.0. The molecular formula is C42H76NO12P. The van der Waals surface area contributed by atoms with Gasteiger partial charge in [0.25, 0.3) is 0 Å². The van der Waals surface area contributed by atoms with Gasteiger partial charge in [0.1, 0.15) is 36.6 Å². The van der Waals surface area contributed by atoms with Crippen molar-refractivity contribution in [1.82, 2.24) is 5.32 Å². The number of phosphoric ester groups is 1. The summed E-state index contributed by atoms with van der Waals surface area (Å²) in [6, 6.07) is -1.27. The summed E-state index contributed by atoms with van der Waals surface area (Å²) in [6.07, 6.45) is 22.2. The Balaban J connectivity index is 2.65. The van der Waals surface area contributed by atoms with Gasteiger partial charge in [0.15, 0.2) is 0 Å². The summed E-state index contributed by atoms with van der Waals surface area (Å²) in [4.78, 5) is 23.3. The van der Waals surface area contributed by atoms with Crippen molar-refractivity contribution >= 4 is 13.7 Å². The molecule has 0 aliphatic heterocycles. The normalized spacial score (nSPS) is 24.7. The molecule has 0 aromatic rings. The molecule has 14 heteroatoms. The smallest absolute Gasteiger partial charge is 0.393 e. The third-order valence-corrected chi connectivity index (χ3v) is 10.8. The predicted octanol–water partition coefficient (Wildman–Crippen LogP) is 5.97. The molecule has 0 spiro atoms. The van der Waals surface area contributed by atoms with E-state index in [1.54, 1.807) is 6.08 Å². The van der Waals surface area contributed by atoms with Gasteiger partial charge in [-0.1, -0.05) is 127 Å². The van der Waals surface area contributed by atoms with Crippen molar-refractivity contribution in [2.45, 2.75) is 204 Å². The number of amides is 1. The van der Waals surface area contributed by atoms with Crippen LogP contribution < -0.4 is 5.32 Å². The summed E-state index contributed by atoms with van der Waals surface area (Å²) >= 11 is 0. The number of aliphatic hydroxyl groups is 7. The van der Waals surface area contributed by atoms with Crippen LogP contribution in [-0.2, 0) is 18.4 Å². The highest BCUT2D eigenvalue weighted by Crippen LogP contribution is 2.47. The lowest BCUT2D eigenvalue weighted by Gasteiger charge is -2.41. The number of carbonyl (C=O) groups is 1. The molecule has 1 aliphatic rings. The molecule has 9 N–H and O–H groups in total. The first-order valence-corrected chi connectivity index (χ1v) is 22.7. The second-order valence-corrected chi connectivity index (χ2v) is 16.4. The number of phosphoric acid groups is 1. The van der Waals surface area contributed by atoms with E-state index in [-0.39, 0.29) is 6.42 Å². The maximum absolute atomic E-state index is 12.9. The lowest BCUT2D eigenvalue weighted by Crippen LogP contribution is -2.64. The van der Waals surface area contributed by atoms with E-state index in [0.29, 0.717) is 19.3 Å². The van der Waals surface area contributed by atoms with E-state index in [2.05, 4.69) is 49.5 Å². The minimum absolute atomic E-state index is 0.268. The van der Waals surface area contributed by atoms with Crippen LogP contribution in [0, 0.1) is 0 Å². The summed E-state index contributed by atoms with van der Waals surface area (Å²) in [7, 11) is -5.15. The number of hydrogen-bond donors (Lipinski definition) is 9. The molecule has 1 amide bonds. The Morgan fingerprint density at radius 3 is 1.62 bits per heavy atom. The van der Waals surface area contributed by atoms with Gasteiger partial charge in [0.2, 0.25) is 5.91 Å². The fourth-order valence-electron chi connectivity index (χ4n) is 6.31. The number of aliphatic hydroxyl groups excluding tert-OH is 7. The van der Waals surface area contributed by atoms with Crippen LogP contribution >= 0.6 is 7.82 Å². The molecular weight excluding hydrogens is 741 g/mol. The number of allylic oxidation sites excluding steroid dienone is 7. The first kappa shape index (κ1) is 52.3. The lowest BCUT2D eigenvalue weighted by atomic mass is 9.85. The summed E-state index contributed by atoms with van der Waals surface area (Å²) in [5.74, 6) is -0.620. The SMILES string of the molecule is CCCC/C=C/CC/C=C/CC/C=C/C(O)C(COP(=O)(O)OC1C(O)C(O)C(O)C(O)C1O)NC(=O)CC(O)CCCCC/C=C\CCCCCCCCC. The lowest BCUT2D eigenvalue weighted by molar-refractivity contribution is -0.220. The molecule has 56 heavy (non-hydrogen) atoms. The number of carbonyl (C=O) groups excluding carboxylic acids is 1. The number of hydrogen-bond acceptors (Lipinski definition) is 11. The molecule has 0 aromatic carbocycles. The van der Waals surface area contributed by atoms with Gasteiger partial charge in [0, 0.05) is 0 Å². The van der Waals surface area contributed by atoms with Gasteiger partial charge in [-0.2, -0.15) is 0 Å². The van der Waals surface area contributed by atoms with E-state index in [1.165, 1.54) is 63.9 Å². The van der Waals surface area contributed by atoms with Gasteiger partial charge in [-0.05, 0) is 64.2 Å². The van der Waals surface area contributed by atoms with Crippen molar-refractivity contribution in [1.29, 1.82) is 0 Å². The third kappa shape index (κ3) is 24.2. The van der Waals surface area contributed by atoms with Crippen LogP contribution in [-0.4, -0.2) is 108 Å². The molecule has 1 aliphatic carbocycles. The maximum atomic E-state index is 12.9. The molecule has 0 bridgehead atoms. The van der Waals surface area contributed by atoms with Crippen molar-refractivity contribution in [3.63, 3.8) is 0 Å². The van der Waals surface area contributed by atoms with Crippen molar-refractivity contribution in [2.24, 2.45) is 0 Å². The van der Waals surface area contributed by atoms with Crippen LogP contribution in [0.15, 0.2) is 48.6 Å². The fourth-order valence-corrected chi connectivity index (χ4v) is 7.28. The second-order valence-electron chi connectivity index (χ2n) is 15.0. The van der Waals surface area contributed by atoms with Gasteiger partial charge in [-0.25, -0.2) is 4.57 Å². The first-order chi connectivity index (χ1) is 26.8. The van der Waals surface area contributed by atoms with Crippen LogP contribution in [0.25, 0.3) is 0 Å². The summed E-state index contributed by atoms with van der Waals surface area (Å²) in [5.41, 5.74) is 0. The Bertz CT molecular complexity index is 1150. The quantitative estimate of drug-likeness (QED) is 0.0212. The minimum Gasteiger partial charge on any atom is -0.393 e. The number of unbranched alkanes of at least 4 members (excludes halogenated alkanes) is 14. The average Bonchev–Trinajstić information content (AvgIpc) is 3.17. The Kier molecular flexibility index (Phi) is 30.0. The minimum atomic E-state index is -5.15. The van der Waals surface area contributed by atoms with Crippen molar-refractivity contribution in [3.05, 3.63) is 48.6 Å². The van der Waals surface area contributed by atoms with Crippen LogP contribution in [0.1, 0.15) is 149 Å². The monoisotopic (exact) mass is 818 g/mol. The highest BCUT2D eigenvalue weighted by atomic mass is 31.2. The Morgan fingerprint density at radius 1 is 0.625 bits per heavy atom. The van der Waals surface area contributed by atoms with Crippen molar-refractivity contribution in [2.75, 3.05) is 6.61 Å². The highest BCUT2D eigenvalue weighted by molar-refractivity contribution is 7.47. The van der Waals surface area contributed by atoms with Crippen LogP contribution in [0.5, 0.6) is 0 Å². The molecule has 0 aromatic heterocycles. The van der Waals surface area contributed by atoms with Crippen LogP contribution in [0.4, 0.5) is 0 Å². The zero-order chi connectivity index (χ0) is 41.6. The van der Waals surface area contributed by atoms with Crippen molar-refractivity contribution in [3.8, 4) is 0 Å². The van der Waals surface area contributed by atoms with E-state index < -0.39 is 75.2 Å².